The van der Waals surface area contributed by atoms with Gasteiger partial charge in [-0.05, 0) is 24.1 Å². The maximum absolute atomic E-state index is 10.4. The molecule has 0 heterocycles. The Bertz CT molecular complexity index is 271. The molecule has 1 aromatic rings. The van der Waals surface area contributed by atoms with E-state index in [0.717, 1.165) is 11.1 Å². The number of aryl methyl sites for hydroxylation is 1. The van der Waals surface area contributed by atoms with Gasteiger partial charge in [0.2, 0.25) is 0 Å². The predicted octanol–water partition coefficient (Wildman–Crippen LogP) is 1.52. The minimum atomic E-state index is -1.76. The second kappa shape index (κ2) is 3.64. The van der Waals surface area contributed by atoms with Gasteiger partial charge in [0, 0.05) is 0 Å². The van der Waals surface area contributed by atoms with Gasteiger partial charge in [0.25, 0.3) is 0 Å². The van der Waals surface area contributed by atoms with Crippen LogP contribution < -0.4 is 0 Å². The van der Waals surface area contributed by atoms with E-state index >= 15 is 0 Å². The summed E-state index contributed by atoms with van der Waals surface area (Å²) in [6.45, 7) is 1.91. The van der Waals surface area contributed by atoms with Gasteiger partial charge in [-0.3, -0.25) is 0 Å². The summed E-state index contributed by atoms with van der Waals surface area (Å²) in [6.07, 6.45) is 0. The van der Waals surface area contributed by atoms with Gasteiger partial charge in [-0.2, -0.15) is 0 Å². The minimum Gasteiger partial charge on any atom is -0.306 e. The van der Waals surface area contributed by atoms with Crippen molar-refractivity contribution >= 4 is 11.1 Å². The van der Waals surface area contributed by atoms with Crippen molar-refractivity contribution in [3.63, 3.8) is 0 Å². The first-order valence-corrected chi connectivity index (χ1v) is 4.51. The van der Waals surface area contributed by atoms with Crippen LogP contribution in [0, 0.1) is 13.0 Å². The average Bonchev–Trinajstić information content (AvgIpc) is 1.85. The molecule has 0 saturated carbocycles. The first-order chi connectivity index (χ1) is 5.18. The Labute approximate surface area is 68.5 Å². The van der Waals surface area contributed by atoms with Crippen LogP contribution in [0.3, 0.4) is 0 Å². The number of benzene rings is 1. The van der Waals surface area contributed by atoms with Crippen LogP contribution in [0.2, 0.25) is 0 Å². The molecule has 11 heavy (non-hydrogen) atoms. The van der Waals surface area contributed by atoms with E-state index < -0.39 is 11.1 Å². The second-order valence-electron chi connectivity index (χ2n) is 2.32. The molecule has 0 aliphatic heterocycles. The van der Waals surface area contributed by atoms with E-state index in [9.17, 15) is 4.21 Å². The summed E-state index contributed by atoms with van der Waals surface area (Å²) >= 11 is -1.76. The molecule has 0 amide bonds. The topological polar surface area (TPSA) is 37.3 Å². The second-order valence-corrected chi connectivity index (χ2v) is 3.26. The van der Waals surface area contributed by atoms with Crippen LogP contribution >= 0.6 is 0 Å². The fourth-order valence-corrected chi connectivity index (χ4v) is 1.30. The smallest absolute Gasteiger partial charge is 0.157 e. The molecule has 0 saturated heterocycles. The van der Waals surface area contributed by atoms with Crippen LogP contribution in [-0.2, 0) is 16.8 Å². The predicted molar refractivity (Wildman–Crippen MR) is 44.5 cm³/mol. The van der Waals surface area contributed by atoms with Gasteiger partial charge in [-0.15, -0.1) is 0 Å². The Hall–Kier alpha value is -0.670. The SMILES string of the molecule is Cc1[c]c(CS(=O)O)ccc1. The van der Waals surface area contributed by atoms with Crippen molar-refractivity contribution in [3.05, 3.63) is 35.4 Å². The molecule has 59 valence electrons. The lowest BCUT2D eigenvalue weighted by molar-refractivity contribution is 0.563. The summed E-state index contributed by atoms with van der Waals surface area (Å²) < 4.78 is 18.9. The molecule has 1 aromatic carbocycles. The Balaban J connectivity index is 2.79. The highest BCUT2D eigenvalue weighted by Crippen LogP contribution is 2.04. The normalized spacial score (nSPS) is 12.9. The van der Waals surface area contributed by atoms with E-state index in [2.05, 4.69) is 6.07 Å². The quantitative estimate of drug-likeness (QED) is 0.681. The van der Waals surface area contributed by atoms with Crippen molar-refractivity contribution in [3.8, 4) is 0 Å². The molecule has 1 rings (SSSR count). The molecule has 0 aromatic heterocycles. The molecule has 1 radical (unpaired) electrons. The molecular formula is C8H9O2S. The molecule has 0 bridgehead atoms. The van der Waals surface area contributed by atoms with Crippen LogP contribution in [0.15, 0.2) is 18.2 Å². The van der Waals surface area contributed by atoms with E-state index in [1.54, 1.807) is 6.07 Å². The van der Waals surface area contributed by atoms with Gasteiger partial charge in [-0.25, -0.2) is 4.21 Å². The molecule has 2 nitrogen and oxygen atoms in total. The fourth-order valence-electron chi connectivity index (χ4n) is 0.862. The summed E-state index contributed by atoms with van der Waals surface area (Å²) in [7, 11) is 0. The van der Waals surface area contributed by atoms with Crippen molar-refractivity contribution in [2.45, 2.75) is 12.7 Å². The van der Waals surface area contributed by atoms with Crippen molar-refractivity contribution in [2.75, 3.05) is 0 Å². The third kappa shape index (κ3) is 2.82. The summed E-state index contributed by atoms with van der Waals surface area (Å²) in [6, 6.07) is 8.54. The summed E-state index contributed by atoms with van der Waals surface area (Å²) in [5.41, 5.74) is 1.78. The monoisotopic (exact) mass is 169 g/mol. The van der Waals surface area contributed by atoms with E-state index in [4.69, 9.17) is 4.55 Å². The average molecular weight is 169 g/mol. The van der Waals surface area contributed by atoms with Crippen molar-refractivity contribution in [1.29, 1.82) is 0 Å². The van der Waals surface area contributed by atoms with Gasteiger partial charge in [0.05, 0.1) is 5.75 Å². The zero-order valence-electron chi connectivity index (χ0n) is 6.20. The molecule has 0 fully saturated rings. The van der Waals surface area contributed by atoms with Gasteiger partial charge in [-0.1, -0.05) is 18.2 Å². The summed E-state index contributed by atoms with van der Waals surface area (Å²) in [4.78, 5) is 0. The van der Waals surface area contributed by atoms with Gasteiger partial charge >= 0.3 is 0 Å². The van der Waals surface area contributed by atoms with Gasteiger partial charge in [0.1, 0.15) is 0 Å². The van der Waals surface area contributed by atoms with Crippen LogP contribution in [-0.4, -0.2) is 8.76 Å². The highest BCUT2D eigenvalue weighted by atomic mass is 32.2. The van der Waals surface area contributed by atoms with Crippen LogP contribution in [0.25, 0.3) is 0 Å². The lowest BCUT2D eigenvalue weighted by Crippen LogP contribution is -1.92. The highest BCUT2D eigenvalue weighted by molar-refractivity contribution is 7.78. The molecule has 3 heteroatoms. The maximum atomic E-state index is 10.4. The van der Waals surface area contributed by atoms with Crippen molar-refractivity contribution < 1.29 is 8.76 Å². The van der Waals surface area contributed by atoms with E-state index in [-0.39, 0.29) is 5.75 Å². The standard InChI is InChI=1S/C8H9O2S/c1-7-3-2-4-8(5-7)6-11(9)10/h2-4H,6H2,1H3,(H,9,10). The van der Waals surface area contributed by atoms with Crippen LogP contribution in [0.1, 0.15) is 11.1 Å². The van der Waals surface area contributed by atoms with E-state index in [1.807, 2.05) is 19.1 Å². The first kappa shape index (κ1) is 8.43. The van der Waals surface area contributed by atoms with Gasteiger partial charge < -0.3 is 4.55 Å². The summed E-state index contributed by atoms with van der Waals surface area (Å²) in [5.74, 6) is 0.168. The number of hydrogen-bond donors (Lipinski definition) is 1. The molecule has 0 aliphatic carbocycles. The molecule has 0 spiro atoms. The molecule has 0 aliphatic rings. The van der Waals surface area contributed by atoms with Crippen LogP contribution in [0.4, 0.5) is 0 Å². The zero-order valence-corrected chi connectivity index (χ0v) is 7.02. The fraction of sp³-hybridized carbons (Fsp3) is 0.250. The minimum absolute atomic E-state index is 0.168. The highest BCUT2D eigenvalue weighted by Gasteiger charge is 1.96. The van der Waals surface area contributed by atoms with E-state index in [1.165, 1.54) is 0 Å². The Kier molecular flexibility index (Phi) is 2.79. The van der Waals surface area contributed by atoms with Gasteiger partial charge in [0.15, 0.2) is 11.1 Å². The van der Waals surface area contributed by atoms with Crippen LogP contribution in [0.5, 0.6) is 0 Å². The molecule has 1 atom stereocenters. The zero-order chi connectivity index (χ0) is 8.27. The third-order valence-electron chi connectivity index (χ3n) is 1.28. The molecular weight excluding hydrogens is 160 g/mol. The largest absolute Gasteiger partial charge is 0.306 e. The lowest BCUT2D eigenvalue weighted by Gasteiger charge is -1.96. The summed E-state index contributed by atoms with van der Waals surface area (Å²) in [5, 5.41) is 0. The Morgan fingerprint density at radius 2 is 2.36 bits per heavy atom. The first-order valence-electron chi connectivity index (χ1n) is 3.24. The Morgan fingerprint density at radius 3 is 2.91 bits per heavy atom. The van der Waals surface area contributed by atoms with E-state index in [0.29, 0.717) is 0 Å². The molecule has 1 unspecified atom stereocenters. The van der Waals surface area contributed by atoms with Crippen molar-refractivity contribution in [2.24, 2.45) is 0 Å². The molecule has 1 N–H and O–H groups in total. The lowest BCUT2D eigenvalue weighted by atomic mass is 10.2. The maximum Gasteiger partial charge on any atom is 0.157 e. The number of rotatable bonds is 2. The number of hydrogen-bond acceptors (Lipinski definition) is 1. The third-order valence-corrected chi connectivity index (χ3v) is 1.84. The Morgan fingerprint density at radius 1 is 1.64 bits per heavy atom. The van der Waals surface area contributed by atoms with Crippen molar-refractivity contribution in [1.82, 2.24) is 0 Å².